The zero-order valence-corrected chi connectivity index (χ0v) is 18.4. The van der Waals surface area contributed by atoms with E-state index >= 15 is 0 Å². The Kier molecular flexibility index (Phi) is 7.12. The van der Waals surface area contributed by atoms with Gasteiger partial charge in [0.05, 0.1) is 11.1 Å². The quantitative estimate of drug-likeness (QED) is 0.495. The van der Waals surface area contributed by atoms with Gasteiger partial charge in [0.15, 0.2) is 11.5 Å². The van der Waals surface area contributed by atoms with Crippen molar-refractivity contribution in [3.63, 3.8) is 0 Å². The Morgan fingerprint density at radius 1 is 0.939 bits per heavy atom. The number of carbonyl (C=O) groups is 2. The van der Waals surface area contributed by atoms with Crippen LogP contribution in [0, 0.1) is 0 Å². The second-order valence-corrected chi connectivity index (χ2v) is 7.88. The van der Waals surface area contributed by atoms with E-state index in [0.717, 1.165) is 0 Å². The van der Waals surface area contributed by atoms with E-state index in [9.17, 15) is 14.7 Å². The summed E-state index contributed by atoms with van der Waals surface area (Å²) < 4.78 is 11.0. The van der Waals surface area contributed by atoms with Crippen LogP contribution in [0.4, 0.5) is 0 Å². The Balaban J connectivity index is 1.47. The van der Waals surface area contributed by atoms with Crippen LogP contribution in [0.3, 0.4) is 0 Å². The average Bonchev–Trinajstić information content (AvgIpc) is 2.86. The van der Waals surface area contributed by atoms with Crippen LogP contribution < -0.4 is 20.1 Å². The van der Waals surface area contributed by atoms with E-state index in [-0.39, 0.29) is 12.5 Å². The lowest BCUT2D eigenvalue weighted by Gasteiger charge is -2.23. The van der Waals surface area contributed by atoms with Gasteiger partial charge in [0.25, 0.3) is 5.91 Å². The molecule has 1 heterocycles. The Morgan fingerprint density at radius 2 is 1.61 bits per heavy atom. The first-order valence-corrected chi connectivity index (χ1v) is 10.9. The number of rotatable bonds is 7. The average molecular weight is 467 g/mol. The number of hydrogen-bond acceptors (Lipinski definition) is 5. The van der Waals surface area contributed by atoms with E-state index in [4.69, 9.17) is 21.1 Å². The molecule has 0 bridgehead atoms. The van der Waals surface area contributed by atoms with Crippen LogP contribution in [0.25, 0.3) is 0 Å². The number of ether oxygens (including phenoxy) is 2. The largest absolute Gasteiger partial charge is 0.486 e. The molecule has 2 atom stereocenters. The van der Waals surface area contributed by atoms with Gasteiger partial charge in [-0.1, -0.05) is 60.1 Å². The van der Waals surface area contributed by atoms with Crippen LogP contribution in [-0.4, -0.2) is 36.7 Å². The third-order valence-corrected chi connectivity index (χ3v) is 5.46. The highest BCUT2D eigenvalue weighted by Gasteiger charge is 2.25. The number of amides is 2. The van der Waals surface area contributed by atoms with Gasteiger partial charge in [0.1, 0.15) is 19.3 Å². The molecule has 3 N–H and O–H groups in total. The van der Waals surface area contributed by atoms with Gasteiger partial charge in [-0.2, -0.15) is 0 Å². The third-order valence-electron chi connectivity index (χ3n) is 5.18. The summed E-state index contributed by atoms with van der Waals surface area (Å²) in [6.45, 7) is 0.707. The minimum Gasteiger partial charge on any atom is -0.486 e. The number of hydrogen-bond donors (Lipinski definition) is 3. The monoisotopic (exact) mass is 466 g/mol. The molecule has 2 amide bonds. The Hall–Kier alpha value is -3.55. The first-order valence-electron chi connectivity index (χ1n) is 10.5. The standard InChI is InChI=1S/C25H23ClN2O5/c26-19-13-18(14-21-23(19)33-12-11-32-21)20(29)15-27-25(31)22(16-7-3-1-4-8-16)28-24(30)17-9-5-2-6-10-17/h1-10,13-14,20,22,29H,11-12,15H2,(H,27,31)(H,28,30). The van der Waals surface area contributed by atoms with Crippen LogP contribution >= 0.6 is 11.6 Å². The van der Waals surface area contributed by atoms with Crippen molar-refractivity contribution in [2.45, 2.75) is 12.1 Å². The highest BCUT2D eigenvalue weighted by molar-refractivity contribution is 6.32. The van der Waals surface area contributed by atoms with E-state index in [1.165, 1.54) is 0 Å². The van der Waals surface area contributed by atoms with Crippen molar-refractivity contribution in [1.82, 2.24) is 10.6 Å². The Bertz CT molecular complexity index is 1120. The minimum absolute atomic E-state index is 0.0840. The lowest BCUT2D eigenvalue weighted by Crippen LogP contribution is -2.41. The van der Waals surface area contributed by atoms with Crippen molar-refractivity contribution in [2.75, 3.05) is 19.8 Å². The van der Waals surface area contributed by atoms with Crippen LogP contribution in [-0.2, 0) is 4.79 Å². The first-order chi connectivity index (χ1) is 16.0. The summed E-state index contributed by atoms with van der Waals surface area (Å²) >= 11 is 6.25. The fourth-order valence-electron chi connectivity index (χ4n) is 3.49. The smallest absolute Gasteiger partial charge is 0.252 e. The molecule has 0 aromatic heterocycles. The molecule has 7 nitrogen and oxygen atoms in total. The van der Waals surface area contributed by atoms with Crippen molar-refractivity contribution in [3.8, 4) is 11.5 Å². The normalized spacial score (nSPS) is 14.1. The number of aliphatic hydroxyl groups excluding tert-OH is 1. The van der Waals surface area contributed by atoms with E-state index in [0.29, 0.717) is 46.4 Å². The number of fused-ring (bicyclic) bond motifs is 1. The molecule has 2 unspecified atom stereocenters. The van der Waals surface area contributed by atoms with Gasteiger partial charge in [0.2, 0.25) is 5.91 Å². The maximum absolute atomic E-state index is 13.0. The molecule has 1 aliphatic heterocycles. The molecule has 0 fully saturated rings. The van der Waals surface area contributed by atoms with Crippen LogP contribution in [0.2, 0.25) is 5.02 Å². The van der Waals surface area contributed by atoms with Crippen molar-refractivity contribution >= 4 is 23.4 Å². The molecule has 0 radical (unpaired) electrons. The van der Waals surface area contributed by atoms with E-state index in [2.05, 4.69) is 10.6 Å². The lowest BCUT2D eigenvalue weighted by atomic mass is 10.0. The minimum atomic E-state index is -1.04. The van der Waals surface area contributed by atoms with Gasteiger partial charge >= 0.3 is 0 Å². The van der Waals surface area contributed by atoms with Gasteiger partial charge in [-0.15, -0.1) is 0 Å². The van der Waals surface area contributed by atoms with Crippen molar-refractivity contribution in [2.24, 2.45) is 0 Å². The molecule has 8 heteroatoms. The molecule has 0 saturated heterocycles. The summed E-state index contributed by atoms with van der Waals surface area (Å²) in [6.07, 6.45) is -1.04. The zero-order valence-electron chi connectivity index (χ0n) is 17.7. The first kappa shape index (κ1) is 22.6. The summed E-state index contributed by atoms with van der Waals surface area (Å²) in [6, 6.07) is 19.9. The van der Waals surface area contributed by atoms with Crippen LogP contribution in [0.1, 0.15) is 33.6 Å². The molecule has 0 spiro atoms. The fraction of sp³-hybridized carbons (Fsp3) is 0.200. The second kappa shape index (κ2) is 10.4. The van der Waals surface area contributed by atoms with Gasteiger partial charge in [-0.05, 0) is 35.4 Å². The number of benzene rings is 3. The van der Waals surface area contributed by atoms with Gasteiger partial charge in [0, 0.05) is 12.1 Å². The summed E-state index contributed by atoms with van der Waals surface area (Å²) in [5.41, 5.74) is 1.54. The van der Waals surface area contributed by atoms with Gasteiger partial charge in [-0.3, -0.25) is 9.59 Å². The predicted octanol–water partition coefficient (Wildman–Crippen LogP) is 3.43. The molecule has 1 aliphatic rings. The van der Waals surface area contributed by atoms with E-state index in [1.54, 1.807) is 60.7 Å². The molecule has 3 aromatic rings. The highest BCUT2D eigenvalue weighted by Crippen LogP contribution is 2.39. The van der Waals surface area contributed by atoms with Crippen LogP contribution in [0.15, 0.2) is 72.8 Å². The fourth-order valence-corrected chi connectivity index (χ4v) is 3.76. The van der Waals surface area contributed by atoms with E-state index in [1.807, 2.05) is 12.1 Å². The molecular formula is C25H23ClN2O5. The number of carbonyl (C=O) groups excluding carboxylic acids is 2. The van der Waals surface area contributed by atoms with Gasteiger partial charge in [-0.25, -0.2) is 0 Å². The molecule has 170 valence electrons. The Morgan fingerprint density at radius 3 is 2.33 bits per heavy atom. The number of halogens is 1. The van der Waals surface area contributed by atoms with Crippen LogP contribution in [0.5, 0.6) is 11.5 Å². The summed E-state index contributed by atoms with van der Waals surface area (Å²) in [4.78, 5) is 25.7. The van der Waals surface area contributed by atoms with Crippen molar-refractivity contribution in [3.05, 3.63) is 94.5 Å². The molecule has 0 saturated carbocycles. The van der Waals surface area contributed by atoms with Crippen molar-refractivity contribution < 1.29 is 24.2 Å². The predicted molar refractivity (Wildman–Crippen MR) is 124 cm³/mol. The second-order valence-electron chi connectivity index (χ2n) is 7.47. The molecule has 4 rings (SSSR count). The lowest BCUT2D eigenvalue weighted by molar-refractivity contribution is -0.123. The highest BCUT2D eigenvalue weighted by atomic mass is 35.5. The SMILES string of the molecule is O=C(NC(C(=O)NCC(O)c1cc(Cl)c2c(c1)OCCO2)c1ccccc1)c1ccccc1. The molecule has 3 aromatic carbocycles. The maximum Gasteiger partial charge on any atom is 0.252 e. The van der Waals surface area contributed by atoms with E-state index < -0.39 is 18.1 Å². The third kappa shape index (κ3) is 5.45. The number of nitrogens with one attached hydrogen (secondary N) is 2. The van der Waals surface area contributed by atoms with Crippen molar-refractivity contribution in [1.29, 1.82) is 0 Å². The topological polar surface area (TPSA) is 96.9 Å². The summed E-state index contributed by atoms with van der Waals surface area (Å²) in [7, 11) is 0. The summed E-state index contributed by atoms with van der Waals surface area (Å²) in [5.74, 6) is 0.0639. The summed E-state index contributed by atoms with van der Waals surface area (Å²) in [5, 5.41) is 16.5. The maximum atomic E-state index is 13.0. The number of aliphatic hydroxyl groups is 1. The Labute approximate surface area is 196 Å². The molecular weight excluding hydrogens is 444 g/mol. The van der Waals surface area contributed by atoms with Gasteiger partial charge < -0.3 is 25.2 Å². The molecule has 33 heavy (non-hydrogen) atoms. The molecule has 0 aliphatic carbocycles. The zero-order chi connectivity index (χ0) is 23.2.